The lowest BCUT2D eigenvalue weighted by molar-refractivity contribution is -0.152. The summed E-state index contributed by atoms with van der Waals surface area (Å²) in [5.41, 5.74) is -0.526. The maximum Gasteiger partial charge on any atom is 0.309 e. The summed E-state index contributed by atoms with van der Waals surface area (Å²) < 4.78 is 0. The van der Waals surface area contributed by atoms with Gasteiger partial charge in [0, 0.05) is 0 Å². The van der Waals surface area contributed by atoms with Crippen LogP contribution in [0.15, 0.2) is 0 Å². The minimum Gasteiger partial charge on any atom is -0.481 e. The fourth-order valence-corrected chi connectivity index (χ4v) is 2.56. The molecule has 0 amide bonds. The van der Waals surface area contributed by atoms with Crippen molar-refractivity contribution >= 4 is 5.97 Å². The maximum atomic E-state index is 11.3. The lowest BCUT2D eigenvalue weighted by Crippen LogP contribution is -2.35. The highest BCUT2D eigenvalue weighted by molar-refractivity contribution is 5.74. The van der Waals surface area contributed by atoms with E-state index in [0.717, 1.165) is 6.42 Å². The van der Waals surface area contributed by atoms with E-state index in [9.17, 15) is 9.90 Å². The minimum atomic E-state index is -0.622. The van der Waals surface area contributed by atoms with Gasteiger partial charge in [0.25, 0.3) is 0 Å². The summed E-state index contributed by atoms with van der Waals surface area (Å²) in [6.07, 6.45) is 7.24. The summed E-state index contributed by atoms with van der Waals surface area (Å²) in [5, 5.41) is 9.33. The minimum absolute atomic E-state index is 0.219. The number of rotatable bonds is 4. The van der Waals surface area contributed by atoms with Crippen LogP contribution in [0.25, 0.3) is 0 Å². The third-order valence-electron chi connectivity index (χ3n) is 4.20. The van der Waals surface area contributed by atoms with E-state index in [-0.39, 0.29) is 5.92 Å². The molecule has 1 fully saturated rings. The number of aliphatic carboxylic acids is 1. The van der Waals surface area contributed by atoms with Crippen LogP contribution in [-0.2, 0) is 4.79 Å². The fourth-order valence-electron chi connectivity index (χ4n) is 2.56. The Kier molecular flexibility index (Phi) is 4.18. The summed E-state index contributed by atoms with van der Waals surface area (Å²) in [5.74, 6) is 0.238. The Labute approximate surface area is 93.1 Å². The largest absolute Gasteiger partial charge is 0.481 e. The summed E-state index contributed by atoms with van der Waals surface area (Å²) in [6, 6.07) is 0. The summed E-state index contributed by atoms with van der Waals surface area (Å²) >= 11 is 0. The van der Waals surface area contributed by atoms with Gasteiger partial charge in [-0.1, -0.05) is 46.0 Å². The molecule has 1 N–H and O–H groups in total. The van der Waals surface area contributed by atoms with Crippen molar-refractivity contribution in [2.75, 3.05) is 0 Å². The van der Waals surface area contributed by atoms with Crippen LogP contribution < -0.4 is 0 Å². The van der Waals surface area contributed by atoms with Crippen LogP contribution in [0, 0.1) is 17.3 Å². The summed E-state index contributed by atoms with van der Waals surface area (Å²) in [4.78, 5) is 11.3. The van der Waals surface area contributed by atoms with Gasteiger partial charge in [-0.3, -0.25) is 4.79 Å². The molecule has 0 spiro atoms. The molecule has 15 heavy (non-hydrogen) atoms. The zero-order chi connectivity index (χ0) is 11.5. The van der Waals surface area contributed by atoms with Crippen molar-refractivity contribution in [3.05, 3.63) is 0 Å². The molecule has 2 nitrogen and oxygen atoms in total. The van der Waals surface area contributed by atoms with Crippen molar-refractivity contribution in [1.82, 2.24) is 0 Å². The highest BCUT2D eigenvalue weighted by Crippen LogP contribution is 2.39. The molecule has 1 atom stereocenters. The van der Waals surface area contributed by atoms with Crippen molar-refractivity contribution < 1.29 is 9.90 Å². The van der Waals surface area contributed by atoms with Crippen LogP contribution in [0.4, 0.5) is 0 Å². The molecule has 0 heterocycles. The van der Waals surface area contributed by atoms with Gasteiger partial charge in [-0.2, -0.15) is 0 Å². The van der Waals surface area contributed by atoms with E-state index in [1.165, 1.54) is 32.1 Å². The number of carboxylic acids is 1. The number of hydrogen-bond donors (Lipinski definition) is 1. The molecule has 0 aliphatic heterocycles. The van der Waals surface area contributed by atoms with Crippen LogP contribution >= 0.6 is 0 Å². The molecular weight excluding hydrogens is 188 g/mol. The lowest BCUT2D eigenvalue weighted by Gasteiger charge is -2.34. The summed E-state index contributed by atoms with van der Waals surface area (Å²) in [7, 11) is 0. The van der Waals surface area contributed by atoms with Crippen molar-refractivity contribution in [1.29, 1.82) is 0 Å². The molecule has 1 aliphatic carbocycles. The van der Waals surface area contributed by atoms with E-state index in [1.54, 1.807) is 0 Å². The SMILES string of the molecule is CC(C)C(C)(CC1CCCCC1)C(=O)O. The Bertz CT molecular complexity index is 217. The second kappa shape index (κ2) is 5.00. The predicted octanol–water partition coefficient (Wildman–Crippen LogP) is 3.70. The predicted molar refractivity (Wildman–Crippen MR) is 61.8 cm³/mol. The quantitative estimate of drug-likeness (QED) is 0.771. The molecule has 2 heteroatoms. The molecule has 1 rings (SSSR count). The van der Waals surface area contributed by atoms with Crippen LogP contribution in [0.2, 0.25) is 0 Å². The van der Waals surface area contributed by atoms with Gasteiger partial charge >= 0.3 is 5.97 Å². The average molecular weight is 212 g/mol. The zero-order valence-corrected chi connectivity index (χ0v) is 10.3. The Balaban J connectivity index is 2.61. The van der Waals surface area contributed by atoms with E-state index in [2.05, 4.69) is 0 Å². The van der Waals surface area contributed by atoms with Gasteiger partial charge in [0.05, 0.1) is 5.41 Å². The first-order chi connectivity index (χ1) is 6.97. The molecule has 88 valence electrons. The molecule has 1 unspecified atom stereocenters. The maximum absolute atomic E-state index is 11.3. The number of carbonyl (C=O) groups is 1. The van der Waals surface area contributed by atoms with Gasteiger partial charge in [0.1, 0.15) is 0 Å². The standard InChI is InChI=1S/C13H24O2/c1-10(2)13(3,12(14)15)9-11-7-5-4-6-8-11/h10-11H,4-9H2,1-3H3,(H,14,15). The Morgan fingerprint density at radius 3 is 2.27 bits per heavy atom. The number of hydrogen-bond acceptors (Lipinski definition) is 1. The van der Waals surface area contributed by atoms with Gasteiger partial charge in [-0.05, 0) is 25.2 Å². The summed E-state index contributed by atoms with van der Waals surface area (Å²) in [6.45, 7) is 5.96. The highest BCUT2D eigenvalue weighted by Gasteiger charge is 2.38. The van der Waals surface area contributed by atoms with Crippen LogP contribution in [0.5, 0.6) is 0 Å². The highest BCUT2D eigenvalue weighted by atomic mass is 16.4. The Morgan fingerprint density at radius 2 is 1.87 bits per heavy atom. The lowest BCUT2D eigenvalue weighted by atomic mass is 9.70. The van der Waals surface area contributed by atoms with Crippen molar-refractivity contribution in [3.63, 3.8) is 0 Å². The van der Waals surface area contributed by atoms with Gasteiger partial charge in [0.2, 0.25) is 0 Å². The topological polar surface area (TPSA) is 37.3 Å². The molecule has 0 bridgehead atoms. The molecular formula is C13H24O2. The van der Waals surface area contributed by atoms with E-state index in [0.29, 0.717) is 5.92 Å². The van der Waals surface area contributed by atoms with E-state index >= 15 is 0 Å². The molecule has 0 aromatic rings. The van der Waals surface area contributed by atoms with Gasteiger partial charge in [-0.25, -0.2) is 0 Å². The van der Waals surface area contributed by atoms with Crippen molar-refractivity contribution in [2.24, 2.45) is 17.3 Å². The molecule has 0 saturated heterocycles. The van der Waals surface area contributed by atoms with Crippen LogP contribution in [0.3, 0.4) is 0 Å². The third kappa shape index (κ3) is 2.96. The molecule has 0 aromatic carbocycles. The van der Waals surface area contributed by atoms with Gasteiger partial charge in [-0.15, -0.1) is 0 Å². The molecule has 1 saturated carbocycles. The van der Waals surface area contributed by atoms with E-state index in [1.807, 2.05) is 20.8 Å². The van der Waals surface area contributed by atoms with Crippen LogP contribution in [0.1, 0.15) is 59.3 Å². The van der Waals surface area contributed by atoms with Gasteiger partial charge < -0.3 is 5.11 Å². The first-order valence-electron chi connectivity index (χ1n) is 6.20. The first-order valence-corrected chi connectivity index (χ1v) is 6.20. The number of carboxylic acid groups (broad SMARTS) is 1. The zero-order valence-electron chi connectivity index (χ0n) is 10.3. The van der Waals surface area contributed by atoms with Crippen molar-refractivity contribution in [2.45, 2.75) is 59.3 Å². The second-order valence-corrected chi connectivity index (χ2v) is 5.59. The third-order valence-corrected chi connectivity index (χ3v) is 4.20. The monoisotopic (exact) mass is 212 g/mol. The molecule has 1 aliphatic rings. The molecule has 0 aromatic heterocycles. The van der Waals surface area contributed by atoms with Gasteiger partial charge in [0.15, 0.2) is 0 Å². The smallest absolute Gasteiger partial charge is 0.309 e. The van der Waals surface area contributed by atoms with E-state index in [4.69, 9.17) is 0 Å². The van der Waals surface area contributed by atoms with Crippen molar-refractivity contribution in [3.8, 4) is 0 Å². The average Bonchev–Trinajstić information content (AvgIpc) is 2.18. The van der Waals surface area contributed by atoms with E-state index < -0.39 is 11.4 Å². The second-order valence-electron chi connectivity index (χ2n) is 5.59. The normalized spacial score (nSPS) is 22.7. The molecule has 0 radical (unpaired) electrons. The first kappa shape index (κ1) is 12.5. The van der Waals surface area contributed by atoms with Crippen LogP contribution in [-0.4, -0.2) is 11.1 Å². The Hall–Kier alpha value is -0.530. The fraction of sp³-hybridized carbons (Fsp3) is 0.923. The Morgan fingerprint density at radius 1 is 1.33 bits per heavy atom.